The lowest BCUT2D eigenvalue weighted by Crippen LogP contribution is -2.08. The van der Waals surface area contributed by atoms with Gasteiger partial charge in [0.1, 0.15) is 0 Å². The van der Waals surface area contributed by atoms with Crippen molar-refractivity contribution in [2.75, 3.05) is 0 Å². The number of ketones is 1. The summed E-state index contributed by atoms with van der Waals surface area (Å²) in [7, 11) is -3.96. The Hall–Kier alpha value is -2.16. The number of carbonyl (C=O) groups is 1. The van der Waals surface area contributed by atoms with E-state index in [9.17, 15) is 13.2 Å². The van der Waals surface area contributed by atoms with Crippen LogP contribution in [0.4, 0.5) is 0 Å². The van der Waals surface area contributed by atoms with Gasteiger partial charge in [0.05, 0.1) is 10.6 Å². The Morgan fingerprint density at radius 1 is 0.778 bits per heavy atom. The Labute approximate surface area is 173 Å². The highest BCUT2D eigenvalue weighted by atomic mass is 79.9. The van der Waals surface area contributed by atoms with Crippen LogP contribution in [-0.4, -0.2) is 25.7 Å². The van der Waals surface area contributed by atoms with Crippen molar-refractivity contribution in [3.05, 3.63) is 87.3 Å². The lowest BCUT2D eigenvalue weighted by atomic mass is 10.1. The highest BCUT2D eigenvalue weighted by Crippen LogP contribution is 2.19. The molecule has 27 heavy (non-hydrogen) atoms. The molecule has 3 rings (SSSR count). The molecule has 0 bridgehead atoms. The lowest BCUT2D eigenvalue weighted by molar-refractivity contribution is -0.110. The third-order valence-corrected chi connectivity index (χ3v) is 5.83. The van der Waals surface area contributed by atoms with Gasteiger partial charge < -0.3 is 0 Å². The molecule has 0 atom stereocenters. The number of carbonyl (C=O) groups excluding carboxylic acids is 1. The molecule has 0 spiro atoms. The molecule has 0 amide bonds. The number of allylic oxidation sites excluding steroid dienone is 4. The standard InChI is InChI=1S/C19H12Br2N2O3S/c20-14-3-1-13(2-4-14)19(22-16-7-9-17(24)10-8-16)23-27(25,26)18-11-5-15(21)6-12-18/h1-12H/b23-19+. The molecule has 0 aromatic heterocycles. The maximum Gasteiger partial charge on any atom is 0.284 e. The summed E-state index contributed by atoms with van der Waals surface area (Å²) in [6.07, 6.45) is 5.76. The van der Waals surface area contributed by atoms with Crippen LogP contribution in [0.5, 0.6) is 0 Å². The number of benzene rings is 2. The fourth-order valence-electron chi connectivity index (χ4n) is 2.15. The van der Waals surface area contributed by atoms with Gasteiger partial charge in [0.25, 0.3) is 10.0 Å². The molecule has 0 radical (unpaired) electrons. The van der Waals surface area contributed by atoms with E-state index in [1.807, 2.05) is 0 Å². The summed E-state index contributed by atoms with van der Waals surface area (Å²) >= 11 is 6.62. The van der Waals surface area contributed by atoms with E-state index in [4.69, 9.17) is 0 Å². The Bertz CT molecular complexity index is 1080. The maximum absolute atomic E-state index is 12.7. The van der Waals surface area contributed by atoms with Gasteiger partial charge in [-0.05, 0) is 60.7 Å². The summed E-state index contributed by atoms with van der Waals surface area (Å²) in [5.74, 6) is -0.123. The van der Waals surface area contributed by atoms with Gasteiger partial charge in [0.2, 0.25) is 0 Å². The third-order valence-electron chi connectivity index (χ3n) is 3.49. The van der Waals surface area contributed by atoms with Crippen LogP contribution < -0.4 is 0 Å². The SMILES string of the molecule is O=C1C=CC(=N/C(=N/S(=O)(=O)c2ccc(Br)cc2)c2ccc(Br)cc2)C=C1. The van der Waals surface area contributed by atoms with E-state index < -0.39 is 10.0 Å². The van der Waals surface area contributed by atoms with E-state index in [-0.39, 0.29) is 16.5 Å². The van der Waals surface area contributed by atoms with Gasteiger partial charge in [-0.1, -0.05) is 44.0 Å². The van der Waals surface area contributed by atoms with Crippen LogP contribution in [0, 0.1) is 0 Å². The number of halogens is 2. The van der Waals surface area contributed by atoms with Gasteiger partial charge in [0, 0.05) is 14.5 Å². The van der Waals surface area contributed by atoms with E-state index in [0.29, 0.717) is 11.3 Å². The second kappa shape index (κ2) is 8.24. The van der Waals surface area contributed by atoms with Crippen LogP contribution in [0.15, 0.2) is 96.1 Å². The quantitative estimate of drug-likeness (QED) is 0.349. The van der Waals surface area contributed by atoms with Gasteiger partial charge in [-0.25, -0.2) is 4.99 Å². The van der Waals surface area contributed by atoms with E-state index in [2.05, 4.69) is 41.3 Å². The maximum atomic E-state index is 12.7. The first-order valence-corrected chi connectivity index (χ1v) is 10.7. The van der Waals surface area contributed by atoms with Crippen LogP contribution in [0.3, 0.4) is 0 Å². The minimum Gasteiger partial charge on any atom is -0.290 e. The second-order valence-electron chi connectivity index (χ2n) is 5.46. The molecule has 2 aromatic carbocycles. The van der Waals surface area contributed by atoms with Crippen LogP contribution >= 0.6 is 31.9 Å². The van der Waals surface area contributed by atoms with Crippen molar-refractivity contribution in [1.82, 2.24) is 0 Å². The predicted molar refractivity (Wildman–Crippen MR) is 113 cm³/mol. The van der Waals surface area contributed by atoms with Crippen molar-refractivity contribution in [1.29, 1.82) is 0 Å². The van der Waals surface area contributed by atoms with Crippen LogP contribution in [0.25, 0.3) is 0 Å². The number of hydrogen-bond donors (Lipinski definition) is 0. The molecule has 0 saturated heterocycles. The summed E-state index contributed by atoms with van der Waals surface area (Å²) in [6.45, 7) is 0. The number of amidine groups is 1. The number of hydrogen-bond acceptors (Lipinski definition) is 3. The van der Waals surface area contributed by atoms with Crippen LogP contribution in [0.1, 0.15) is 5.56 Å². The van der Waals surface area contributed by atoms with E-state index in [1.165, 1.54) is 36.4 Å². The number of nitrogens with zero attached hydrogens (tertiary/aromatic N) is 2. The fourth-order valence-corrected chi connectivity index (χ4v) is 3.64. The normalized spacial score (nSPS) is 14.5. The first-order valence-electron chi connectivity index (χ1n) is 7.69. The van der Waals surface area contributed by atoms with Crippen molar-refractivity contribution in [2.24, 2.45) is 9.39 Å². The summed E-state index contributed by atoms with van der Waals surface area (Å²) in [5.41, 5.74) is 0.965. The van der Waals surface area contributed by atoms with Crippen molar-refractivity contribution in [3.63, 3.8) is 0 Å². The Morgan fingerprint density at radius 2 is 1.30 bits per heavy atom. The van der Waals surface area contributed by atoms with Gasteiger partial charge in [-0.15, -0.1) is 4.40 Å². The zero-order valence-corrected chi connectivity index (χ0v) is 17.7. The smallest absolute Gasteiger partial charge is 0.284 e. The molecule has 0 aliphatic heterocycles. The molecule has 0 N–H and O–H groups in total. The highest BCUT2D eigenvalue weighted by Gasteiger charge is 2.16. The molecule has 0 heterocycles. The predicted octanol–water partition coefficient (Wildman–Crippen LogP) is 4.48. The average Bonchev–Trinajstić information content (AvgIpc) is 2.64. The van der Waals surface area contributed by atoms with Gasteiger partial charge in [-0.3, -0.25) is 4.79 Å². The Kier molecular flexibility index (Phi) is 5.98. The van der Waals surface area contributed by atoms with Gasteiger partial charge >= 0.3 is 0 Å². The molecule has 0 unspecified atom stereocenters. The molecule has 8 heteroatoms. The number of aliphatic imine (C=N–C) groups is 1. The Morgan fingerprint density at radius 3 is 1.85 bits per heavy atom. The monoisotopic (exact) mass is 506 g/mol. The molecule has 2 aromatic rings. The topological polar surface area (TPSA) is 75.9 Å². The Balaban J connectivity index is 2.10. The first-order chi connectivity index (χ1) is 12.8. The van der Waals surface area contributed by atoms with Crippen molar-refractivity contribution < 1.29 is 13.2 Å². The summed E-state index contributed by atoms with van der Waals surface area (Å²) in [6, 6.07) is 13.2. The van der Waals surface area contributed by atoms with E-state index in [0.717, 1.165) is 8.95 Å². The first kappa shape index (κ1) is 19.6. The summed E-state index contributed by atoms with van der Waals surface area (Å²) in [4.78, 5) is 15.7. The van der Waals surface area contributed by atoms with Gasteiger partial charge in [-0.2, -0.15) is 8.42 Å². The highest BCUT2D eigenvalue weighted by molar-refractivity contribution is 9.10. The van der Waals surface area contributed by atoms with Gasteiger partial charge in [0.15, 0.2) is 11.6 Å². The summed E-state index contributed by atoms with van der Waals surface area (Å²) < 4.78 is 31.0. The lowest BCUT2D eigenvalue weighted by Gasteiger charge is -2.06. The fraction of sp³-hybridized carbons (Fsp3) is 0. The van der Waals surface area contributed by atoms with E-state index in [1.54, 1.807) is 36.4 Å². The molecular weight excluding hydrogens is 496 g/mol. The van der Waals surface area contributed by atoms with Crippen LogP contribution in [-0.2, 0) is 14.8 Å². The average molecular weight is 508 g/mol. The molecule has 0 fully saturated rings. The zero-order chi connectivity index (χ0) is 19.4. The molecule has 0 saturated carbocycles. The van der Waals surface area contributed by atoms with Crippen LogP contribution in [0.2, 0.25) is 0 Å². The zero-order valence-electron chi connectivity index (χ0n) is 13.7. The molecular formula is C19H12Br2N2O3S. The number of sulfonamides is 1. The number of rotatable bonds is 3. The molecule has 1 aliphatic carbocycles. The van der Waals surface area contributed by atoms with Crippen molar-refractivity contribution >= 4 is 59.2 Å². The molecule has 1 aliphatic rings. The minimum atomic E-state index is -3.96. The molecule has 5 nitrogen and oxygen atoms in total. The summed E-state index contributed by atoms with van der Waals surface area (Å²) in [5, 5.41) is 0. The van der Waals surface area contributed by atoms with E-state index >= 15 is 0 Å². The third kappa shape index (κ3) is 5.18. The largest absolute Gasteiger partial charge is 0.290 e. The second-order valence-corrected chi connectivity index (χ2v) is 8.89. The minimum absolute atomic E-state index is 0.0315. The van der Waals surface area contributed by atoms with Crippen molar-refractivity contribution in [2.45, 2.75) is 4.90 Å². The molecule has 136 valence electrons. The van der Waals surface area contributed by atoms with Crippen molar-refractivity contribution in [3.8, 4) is 0 Å².